The van der Waals surface area contributed by atoms with Gasteiger partial charge in [0.1, 0.15) is 0 Å². The minimum atomic E-state index is 1.01. The first-order chi connectivity index (χ1) is 8.26. The third-order valence-corrected chi connectivity index (χ3v) is 5.56. The maximum atomic E-state index is 2.53. The first-order valence-corrected chi connectivity index (χ1v) is 8.26. The van der Waals surface area contributed by atoms with E-state index in [-0.39, 0.29) is 0 Å². The highest BCUT2D eigenvalue weighted by Gasteiger charge is 2.44. The van der Waals surface area contributed by atoms with E-state index < -0.39 is 0 Å². The molecule has 0 aliphatic heterocycles. The van der Waals surface area contributed by atoms with Gasteiger partial charge in [0.05, 0.1) is 0 Å². The fourth-order valence-electron chi connectivity index (χ4n) is 4.34. The Morgan fingerprint density at radius 1 is 0.882 bits per heavy atom. The van der Waals surface area contributed by atoms with Crippen LogP contribution in [0.15, 0.2) is 0 Å². The van der Waals surface area contributed by atoms with Crippen molar-refractivity contribution in [3.63, 3.8) is 0 Å². The summed E-state index contributed by atoms with van der Waals surface area (Å²) in [5.41, 5.74) is 0. The van der Waals surface area contributed by atoms with Crippen molar-refractivity contribution < 1.29 is 0 Å². The molecule has 2 fully saturated rings. The summed E-state index contributed by atoms with van der Waals surface area (Å²) >= 11 is 0. The van der Waals surface area contributed by atoms with Crippen LogP contribution in [0.4, 0.5) is 0 Å². The van der Waals surface area contributed by atoms with Crippen LogP contribution in [0.2, 0.25) is 0 Å². The molecule has 0 heterocycles. The molecular weight excluding hydrogens is 204 g/mol. The van der Waals surface area contributed by atoms with E-state index in [2.05, 4.69) is 20.8 Å². The SMILES string of the molecule is CCCCC1CCC(CCC)C(C)CC2CC12. The van der Waals surface area contributed by atoms with Crippen LogP contribution in [0.3, 0.4) is 0 Å². The van der Waals surface area contributed by atoms with E-state index in [0.29, 0.717) is 0 Å². The molecule has 0 radical (unpaired) electrons. The Labute approximate surface area is 109 Å². The Morgan fingerprint density at radius 3 is 2.35 bits per heavy atom. The van der Waals surface area contributed by atoms with E-state index in [1.165, 1.54) is 38.5 Å². The Bertz CT molecular complexity index is 220. The van der Waals surface area contributed by atoms with E-state index in [4.69, 9.17) is 0 Å². The minimum Gasteiger partial charge on any atom is -0.0654 e. The Hall–Kier alpha value is 0. The summed E-state index contributed by atoms with van der Waals surface area (Å²) in [6.45, 7) is 7.23. The molecule has 0 aromatic rings. The Morgan fingerprint density at radius 2 is 1.65 bits per heavy atom. The molecule has 0 aromatic carbocycles. The fraction of sp³-hybridized carbons (Fsp3) is 1.00. The maximum absolute atomic E-state index is 2.53. The van der Waals surface area contributed by atoms with Gasteiger partial charge in [-0.3, -0.25) is 0 Å². The molecule has 0 aromatic heterocycles. The lowest BCUT2D eigenvalue weighted by Crippen LogP contribution is -2.19. The molecule has 2 saturated carbocycles. The number of fused-ring (bicyclic) bond motifs is 1. The fourth-order valence-corrected chi connectivity index (χ4v) is 4.34. The molecule has 17 heavy (non-hydrogen) atoms. The molecule has 0 heteroatoms. The van der Waals surface area contributed by atoms with E-state index in [1.807, 2.05) is 0 Å². The zero-order valence-corrected chi connectivity index (χ0v) is 12.3. The Balaban J connectivity index is 1.88. The monoisotopic (exact) mass is 236 g/mol. The van der Waals surface area contributed by atoms with E-state index in [1.54, 1.807) is 19.3 Å². The van der Waals surface area contributed by atoms with E-state index >= 15 is 0 Å². The number of unbranched alkanes of at least 4 members (excludes halogenated alkanes) is 1. The minimum absolute atomic E-state index is 1.01. The highest BCUT2D eigenvalue weighted by atomic mass is 14.5. The van der Waals surface area contributed by atoms with Gasteiger partial charge in [-0.05, 0) is 55.3 Å². The van der Waals surface area contributed by atoms with Crippen molar-refractivity contribution in [1.29, 1.82) is 0 Å². The molecule has 0 amide bonds. The van der Waals surface area contributed by atoms with Crippen LogP contribution in [-0.4, -0.2) is 0 Å². The molecule has 5 atom stereocenters. The molecule has 0 saturated heterocycles. The van der Waals surface area contributed by atoms with Crippen LogP contribution >= 0.6 is 0 Å². The first-order valence-electron chi connectivity index (χ1n) is 8.26. The number of hydrogen-bond acceptors (Lipinski definition) is 0. The molecule has 0 nitrogen and oxygen atoms in total. The lowest BCUT2D eigenvalue weighted by Gasteiger charge is -2.29. The zero-order chi connectivity index (χ0) is 12.3. The second-order valence-corrected chi connectivity index (χ2v) is 6.90. The lowest BCUT2D eigenvalue weighted by molar-refractivity contribution is 0.216. The van der Waals surface area contributed by atoms with Crippen LogP contribution in [-0.2, 0) is 0 Å². The summed E-state index contributed by atoms with van der Waals surface area (Å²) in [6.07, 6.45) is 13.5. The van der Waals surface area contributed by atoms with Crippen molar-refractivity contribution in [2.24, 2.45) is 29.6 Å². The quantitative estimate of drug-likeness (QED) is 0.577. The molecule has 2 aliphatic carbocycles. The molecule has 2 rings (SSSR count). The van der Waals surface area contributed by atoms with Crippen molar-refractivity contribution in [1.82, 2.24) is 0 Å². The standard InChI is InChI=1S/C17H32/c1-4-6-8-15-10-9-14(7-5-2)13(3)11-16-12-17(15)16/h13-17H,4-12H2,1-3H3. The van der Waals surface area contributed by atoms with Gasteiger partial charge in [-0.1, -0.05) is 52.9 Å². The third-order valence-electron chi connectivity index (χ3n) is 5.56. The summed E-state index contributed by atoms with van der Waals surface area (Å²) in [7, 11) is 0. The van der Waals surface area contributed by atoms with Crippen molar-refractivity contribution >= 4 is 0 Å². The average Bonchev–Trinajstić information content (AvgIpc) is 3.04. The topological polar surface area (TPSA) is 0 Å². The van der Waals surface area contributed by atoms with Gasteiger partial charge in [0.2, 0.25) is 0 Å². The van der Waals surface area contributed by atoms with Crippen molar-refractivity contribution in [2.45, 2.75) is 78.6 Å². The van der Waals surface area contributed by atoms with Crippen molar-refractivity contribution in [3.8, 4) is 0 Å². The molecule has 5 unspecified atom stereocenters. The van der Waals surface area contributed by atoms with Crippen molar-refractivity contribution in [3.05, 3.63) is 0 Å². The summed E-state index contributed by atoms with van der Waals surface area (Å²) in [5, 5.41) is 0. The van der Waals surface area contributed by atoms with Crippen LogP contribution in [0.5, 0.6) is 0 Å². The first kappa shape index (κ1) is 13.4. The molecule has 2 aliphatic rings. The van der Waals surface area contributed by atoms with Gasteiger partial charge in [0, 0.05) is 0 Å². The smallest absolute Gasteiger partial charge is 0.0354 e. The van der Waals surface area contributed by atoms with Crippen LogP contribution in [0.25, 0.3) is 0 Å². The average molecular weight is 236 g/mol. The third kappa shape index (κ3) is 3.48. The predicted octanol–water partition coefficient (Wildman–Crippen LogP) is 5.67. The normalized spacial score (nSPS) is 41.5. The highest BCUT2D eigenvalue weighted by molar-refractivity contribution is 4.94. The maximum Gasteiger partial charge on any atom is -0.0354 e. The van der Waals surface area contributed by atoms with E-state index in [9.17, 15) is 0 Å². The van der Waals surface area contributed by atoms with Gasteiger partial charge < -0.3 is 0 Å². The molecule has 100 valence electrons. The number of hydrogen-bond donors (Lipinski definition) is 0. The lowest BCUT2D eigenvalue weighted by atomic mass is 9.76. The summed E-state index contributed by atoms with van der Waals surface area (Å²) < 4.78 is 0. The van der Waals surface area contributed by atoms with Crippen molar-refractivity contribution in [2.75, 3.05) is 0 Å². The second kappa shape index (κ2) is 6.25. The molecule has 0 N–H and O–H groups in total. The predicted molar refractivity (Wildman–Crippen MR) is 76.0 cm³/mol. The zero-order valence-electron chi connectivity index (χ0n) is 12.3. The highest BCUT2D eigenvalue weighted by Crippen LogP contribution is 2.54. The Kier molecular flexibility index (Phi) is 4.94. The largest absolute Gasteiger partial charge is 0.0654 e. The summed E-state index contributed by atoms with van der Waals surface area (Å²) in [5.74, 6) is 5.44. The molecule has 0 spiro atoms. The molecular formula is C17H32. The second-order valence-electron chi connectivity index (χ2n) is 6.90. The van der Waals surface area contributed by atoms with Gasteiger partial charge in [0.25, 0.3) is 0 Å². The van der Waals surface area contributed by atoms with Gasteiger partial charge in [-0.2, -0.15) is 0 Å². The van der Waals surface area contributed by atoms with Gasteiger partial charge in [-0.25, -0.2) is 0 Å². The van der Waals surface area contributed by atoms with Crippen LogP contribution in [0, 0.1) is 29.6 Å². The van der Waals surface area contributed by atoms with Crippen LogP contribution < -0.4 is 0 Å². The summed E-state index contributed by atoms with van der Waals surface area (Å²) in [4.78, 5) is 0. The number of rotatable bonds is 5. The van der Waals surface area contributed by atoms with Gasteiger partial charge in [0.15, 0.2) is 0 Å². The summed E-state index contributed by atoms with van der Waals surface area (Å²) in [6, 6.07) is 0. The molecule has 0 bridgehead atoms. The van der Waals surface area contributed by atoms with Crippen LogP contribution in [0.1, 0.15) is 78.6 Å². The van der Waals surface area contributed by atoms with E-state index in [0.717, 1.165) is 29.6 Å². The van der Waals surface area contributed by atoms with Gasteiger partial charge >= 0.3 is 0 Å². The van der Waals surface area contributed by atoms with Gasteiger partial charge in [-0.15, -0.1) is 0 Å².